The van der Waals surface area contributed by atoms with Crippen LogP contribution in [0.1, 0.15) is 52.7 Å². The number of rotatable bonds is 15. The molecule has 0 heterocycles. The minimum absolute atomic E-state index is 0.335. The van der Waals surface area contributed by atoms with Crippen molar-refractivity contribution in [3.63, 3.8) is 0 Å². The number of fused-ring (bicyclic) bond motifs is 4. The number of hydrogen-bond acceptors (Lipinski definition) is 8. The lowest BCUT2D eigenvalue weighted by Crippen LogP contribution is -2.14. The Morgan fingerprint density at radius 2 is 0.556 bits per heavy atom. The average molecular weight is 991 g/mol. The second kappa shape index (κ2) is 20.3. The number of methoxy groups -OCH3 is 2. The Hall–Kier alpha value is -7.50. The van der Waals surface area contributed by atoms with E-state index in [9.17, 15) is 0 Å². The van der Waals surface area contributed by atoms with E-state index in [4.69, 9.17) is 36.6 Å². The summed E-state index contributed by atoms with van der Waals surface area (Å²) in [5.41, 5.74) is 2.61. The Bertz CT molecular complexity index is 3160. The molecule has 362 valence electrons. The van der Waals surface area contributed by atoms with Crippen LogP contribution in [-0.4, -0.2) is 14.2 Å². The molecule has 0 bridgehead atoms. The molecule has 0 aliphatic carbocycles. The molecule has 0 aliphatic heterocycles. The fraction of sp³-hybridized carbons (Fsp3) is 0.161. The van der Waals surface area contributed by atoms with Gasteiger partial charge in [-0.2, -0.15) is 0 Å². The summed E-state index contributed by atoms with van der Waals surface area (Å²) < 4.78 is 55.1. The van der Waals surface area contributed by atoms with Crippen molar-refractivity contribution in [3.05, 3.63) is 205 Å². The highest BCUT2D eigenvalue weighted by Crippen LogP contribution is 2.57. The van der Waals surface area contributed by atoms with Crippen LogP contribution in [0, 0.1) is 0 Å². The van der Waals surface area contributed by atoms with Gasteiger partial charge in [-0.25, -0.2) is 0 Å². The summed E-state index contributed by atoms with van der Waals surface area (Å²) in [4.78, 5) is 0. The topological polar surface area (TPSA) is 73.8 Å². The summed E-state index contributed by atoms with van der Waals surface area (Å²) in [5, 5.41) is 7.72. The number of hydrogen-bond donors (Lipinski definition) is 0. The lowest BCUT2D eigenvalue weighted by molar-refractivity contribution is 0.358. The van der Waals surface area contributed by atoms with Gasteiger partial charge in [-0.3, -0.25) is 0 Å². The fourth-order valence-corrected chi connectivity index (χ4v) is 10.8. The second-order valence-corrected chi connectivity index (χ2v) is 21.5. The van der Waals surface area contributed by atoms with Gasteiger partial charge in [0.1, 0.15) is 23.0 Å². The van der Waals surface area contributed by atoms with Crippen molar-refractivity contribution >= 4 is 60.3 Å². The van der Waals surface area contributed by atoms with Gasteiger partial charge in [0.25, 0.3) is 0 Å². The molecule has 8 nitrogen and oxygen atoms in total. The van der Waals surface area contributed by atoms with Crippen LogP contribution in [0.25, 0.3) is 54.2 Å². The van der Waals surface area contributed by atoms with Crippen LogP contribution in [0.3, 0.4) is 0 Å². The molecule has 10 rings (SSSR count). The molecule has 0 amide bonds. The summed E-state index contributed by atoms with van der Waals surface area (Å²) in [5.74, 6) is 4.12. The van der Waals surface area contributed by atoms with E-state index in [-0.39, 0.29) is 10.8 Å². The van der Waals surface area contributed by atoms with Crippen LogP contribution in [0.15, 0.2) is 194 Å². The van der Waals surface area contributed by atoms with Crippen LogP contribution < -0.4 is 36.6 Å². The minimum atomic E-state index is -2.27. The Balaban J connectivity index is 1.18. The van der Waals surface area contributed by atoms with E-state index >= 15 is 0 Å². The molecule has 0 saturated heterocycles. The molecule has 0 aliphatic rings. The molecule has 72 heavy (non-hydrogen) atoms. The van der Waals surface area contributed by atoms with E-state index in [1.54, 1.807) is 14.2 Å². The van der Waals surface area contributed by atoms with Gasteiger partial charge in [0.05, 0.1) is 14.2 Å². The normalized spacial score (nSPS) is 11.9. The van der Waals surface area contributed by atoms with E-state index in [1.807, 2.05) is 133 Å². The summed E-state index contributed by atoms with van der Waals surface area (Å²) in [6, 6.07) is 64.6. The Morgan fingerprint density at radius 1 is 0.292 bits per heavy atom. The van der Waals surface area contributed by atoms with Crippen molar-refractivity contribution in [3.8, 4) is 57.1 Å². The molecule has 0 aromatic heterocycles. The maximum atomic E-state index is 7.28. The standard InChI is InChI=1S/C62H56O8P2/c1-61(2,3)45-37-51(59(57(39-45)63-7)69-71(65-53-33-17-25-41-21-9-13-29-47(41)53)66-54-34-18-26-42-22-10-14-30-48(42)54)52-38-46(62(4,5)6)40-58(64-8)60(52)70-72(67-55-35-19-27-43-23-11-15-31-49(43)55)68-56-36-20-28-44-24-12-16-32-50(44)56/h9-40H,1-8H3. The van der Waals surface area contributed by atoms with Crippen molar-refractivity contribution in [1.82, 2.24) is 0 Å². The van der Waals surface area contributed by atoms with Gasteiger partial charge in [0, 0.05) is 32.7 Å². The first kappa shape index (κ1) is 48.1. The minimum Gasteiger partial charge on any atom is -0.493 e. The van der Waals surface area contributed by atoms with Gasteiger partial charge < -0.3 is 36.6 Å². The van der Waals surface area contributed by atoms with Crippen molar-refractivity contribution < 1.29 is 36.6 Å². The van der Waals surface area contributed by atoms with E-state index < -0.39 is 17.2 Å². The zero-order chi connectivity index (χ0) is 50.0. The summed E-state index contributed by atoms with van der Waals surface area (Å²) in [6.45, 7) is 13.0. The molecule has 10 heteroatoms. The van der Waals surface area contributed by atoms with Gasteiger partial charge in [-0.15, -0.1) is 0 Å². The predicted octanol–water partition coefficient (Wildman–Crippen LogP) is 18.1. The maximum absolute atomic E-state index is 7.28. The highest BCUT2D eigenvalue weighted by Gasteiger charge is 2.34. The fourth-order valence-electron chi connectivity index (χ4n) is 8.65. The van der Waals surface area contributed by atoms with E-state index in [0.717, 1.165) is 54.2 Å². The zero-order valence-corrected chi connectivity index (χ0v) is 43.4. The summed E-state index contributed by atoms with van der Waals surface area (Å²) in [7, 11) is -1.24. The Morgan fingerprint density at radius 3 is 0.819 bits per heavy atom. The molecule has 10 aromatic carbocycles. The largest absolute Gasteiger partial charge is 0.530 e. The van der Waals surface area contributed by atoms with Crippen LogP contribution in [0.4, 0.5) is 0 Å². The molecule has 0 fully saturated rings. The van der Waals surface area contributed by atoms with Crippen molar-refractivity contribution in [2.45, 2.75) is 52.4 Å². The molecule has 0 radical (unpaired) electrons. The first-order chi connectivity index (χ1) is 34.8. The quantitative estimate of drug-likeness (QED) is 0.0941. The predicted molar refractivity (Wildman–Crippen MR) is 296 cm³/mol. The summed E-state index contributed by atoms with van der Waals surface area (Å²) >= 11 is 0. The van der Waals surface area contributed by atoms with E-state index in [1.165, 1.54) is 0 Å². The molecule has 0 unspecified atom stereocenters. The lowest BCUT2D eigenvalue weighted by atomic mass is 9.82. The smallest absolute Gasteiger partial charge is 0.493 e. The molecule has 0 saturated carbocycles. The van der Waals surface area contributed by atoms with E-state index in [2.05, 4.69) is 102 Å². The Labute approximate surface area is 424 Å². The average Bonchev–Trinajstić information content (AvgIpc) is 3.38. The van der Waals surface area contributed by atoms with Gasteiger partial charge in [-0.05, 0) is 92.0 Å². The Kier molecular flexibility index (Phi) is 13.6. The monoisotopic (exact) mass is 990 g/mol. The number of ether oxygens (including phenoxy) is 2. The van der Waals surface area contributed by atoms with Crippen LogP contribution in [0.5, 0.6) is 46.0 Å². The van der Waals surface area contributed by atoms with Gasteiger partial charge in [-0.1, -0.05) is 187 Å². The molecule has 0 N–H and O–H groups in total. The number of benzene rings is 10. The van der Waals surface area contributed by atoms with Crippen LogP contribution >= 0.6 is 17.2 Å². The van der Waals surface area contributed by atoms with Gasteiger partial charge in [0.15, 0.2) is 23.0 Å². The third-order valence-electron chi connectivity index (χ3n) is 12.6. The summed E-state index contributed by atoms with van der Waals surface area (Å²) in [6.07, 6.45) is 0. The van der Waals surface area contributed by atoms with Crippen LogP contribution in [0.2, 0.25) is 0 Å². The molecule has 0 atom stereocenters. The highest BCUT2D eigenvalue weighted by atomic mass is 31.2. The van der Waals surface area contributed by atoms with Crippen molar-refractivity contribution in [2.75, 3.05) is 14.2 Å². The van der Waals surface area contributed by atoms with Crippen molar-refractivity contribution in [2.24, 2.45) is 0 Å². The first-order valence-electron chi connectivity index (χ1n) is 23.9. The van der Waals surface area contributed by atoms with E-state index in [0.29, 0.717) is 57.1 Å². The third kappa shape index (κ3) is 10.2. The van der Waals surface area contributed by atoms with Gasteiger partial charge >= 0.3 is 17.2 Å². The zero-order valence-electron chi connectivity index (χ0n) is 41.6. The first-order valence-corrected chi connectivity index (χ1v) is 26.1. The lowest BCUT2D eigenvalue weighted by Gasteiger charge is -2.28. The molecule has 0 spiro atoms. The van der Waals surface area contributed by atoms with Crippen LogP contribution in [-0.2, 0) is 10.8 Å². The molecular weight excluding hydrogens is 935 g/mol. The van der Waals surface area contributed by atoms with Gasteiger partial charge in [0.2, 0.25) is 0 Å². The SMILES string of the molecule is COc1cc(C(C)(C)C)cc(-c2cc(C(C)(C)C)cc(OC)c2OP(Oc2cccc3ccccc23)Oc2cccc3ccccc23)c1OP(Oc1cccc2ccccc12)Oc1cccc2ccccc12. The maximum Gasteiger partial charge on any atom is 0.530 e. The molecule has 10 aromatic rings. The molecular formula is C62H56O8P2. The van der Waals surface area contributed by atoms with Crippen molar-refractivity contribution in [1.29, 1.82) is 0 Å². The highest BCUT2D eigenvalue weighted by molar-refractivity contribution is 7.43. The second-order valence-electron chi connectivity index (χ2n) is 19.5. The third-order valence-corrected chi connectivity index (χ3v) is 14.6.